The summed E-state index contributed by atoms with van der Waals surface area (Å²) in [5.41, 5.74) is 2.50. The number of ether oxygens (including phenoxy) is 3. The van der Waals surface area contributed by atoms with E-state index in [0.29, 0.717) is 48.2 Å². The first-order valence-electron chi connectivity index (χ1n) is 13.1. The quantitative estimate of drug-likeness (QED) is 0.111. The Balaban J connectivity index is 1.26. The zero-order valence-electron chi connectivity index (χ0n) is 23.2. The van der Waals surface area contributed by atoms with E-state index in [9.17, 15) is 14.4 Å². The molecule has 0 atom stereocenters. The van der Waals surface area contributed by atoms with Crippen molar-refractivity contribution in [1.82, 2.24) is 4.90 Å². The maximum atomic E-state index is 13.0. The third-order valence-corrected chi connectivity index (χ3v) is 8.49. The SMILES string of the molecule is CCOC(=O)c1c(-c2ccccc2)csc1NC(=O)COc1ccc(/C=C2\SC(=S)N(Cc3ccco3)C2=O)cc1OC. The van der Waals surface area contributed by atoms with Crippen LogP contribution in [0.1, 0.15) is 28.6 Å². The van der Waals surface area contributed by atoms with Gasteiger partial charge in [-0.25, -0.2) is 4.79 Å². The smallest absolute Gasteiger partial charge is 0.341 e. The summed E-state index contributed by atoms with van der Waals surface area (Å²) in [5.74, 6) is 0.155. The van der Waals surface area contributed by atoms with E-state index < -0.39 is 11.9 Å². The van der Waals surface area contributed by atoms with Gasteiger partial charge in [-0.3, -0.25) is 14.5 Å². The van der Waals surface area contributed by atoms with Crippen molar-refractivity contribution in [3.63, 3.8) is 0 Å². The van der Waals surface area contributed by atoms with Crippen molar-refractivity contribution in [3.05, 3.63) is 94.1 Å². The molecule has 0 radical (unpaired) electrons. The van der Waals surface area contributed by atoms with Gasteiger partial charge >= 0.3 is 5.97 Å². The van der Waals surface area contributed by atoms with E-state index in [0.717, 1.165) is 5.56 Å². The Morgan fingerprint density at radius 1 is 1.09 bits per heavy atom. The number of amides is 2. The highest BCUT2D eigenvalue weighted by Crippen LogP contribution is 2.37. The second kappa shape index (κ2) is 13.7. The number of nitrogens with one attached hydrogen (secondary N) is 1. The standard InChI is InChI=1S/C31H26N2O7S3/c1-3-38-30(36)27-22(20-8-5-4-6-9-20)18-42-28(27)32-26(34)17-40-23-12-11-19(14-24(23)37-2)15-25-29(35)33(31(41)43-25)16-21-10-7-13-39-21/h4-15,18H,3,16-17H2,1-2H3,(H,32,34)/b25-15-. The maximum absolute atomic E-state index is 13.0. The van der Waals surface area contributed by atoms with Crippen molar-refractivity contribution >= 4 is 68.5 Å². The Labute approximate surface area is 261 Å². The fourth-order valence-corrected chi connectivity index (χ4v) is 6.46. The molecule has 2 amide bonds. The molecule has 3 heterocycles. The van der Waals surface area contributed by atoms with E-state index in [1.165, 1.54) is 35.1 Å². The number of esters is 1. The van der Waals surface area contributed by atoms with Gasteiger partial charge in [0.05, 0.1) is 31.4 Å². The molecule has 4 aromatic rings. The van der Waals surface area contributed by atoms with Crippen LogP contribution < -0.4 is 14.8 Å². The lowest BCUT2D eigenvalue weighted by Crippen LogP contribution is -2.27. The van der Waals surface area contributed by atoms with E-state index in [1.54, 1.807) is 49.6 Å². The summed E-state index contributed by atoms with van der Waals surface area (Å²) in [4.78, 5) is 40.6. The third-order valence-electron chi connectivity index (χ3n) is 6.22. The number of hydrogen-bond donors (Lipinski definition) is 1. The minimum atomic E-state index is -0.519. The van der Waals surface area contributed by atoms with Crippen molar-refractivity contribution in [2.45, 2.75) is 13.5 Å². The Morgan fingerprint density at radius 2 is 1.91 bits per heavy atom. The van der Waals surface area contributed by atoms with Gasteiger partial charge in [-0.2, -0.15) is 0 Å². The molecule has 1 fully saturated rings. The molecule has 2 aromatic carbocycles. The Kier molecular flexibility index (Phi) is 9.60. The topological polar surface area (TPSA) is 107 Å². The molecule has 1 aliphatic heterocycles. The summed E-state index contributed by atoms with van der Waals surface area (Å²) in [5, 5.41) is 4.96. The molecule has 12 heteroatoms. The number of furan rings is 1. The maximum Gasteiger partial charge on any atom is 0.341 e. The fourth-order valence-electron chi connectivity index (χ4n) is 4.23. The molecule has 0 unspecified atom stereocenters. The number of thiocarbonyl (C=S) groups is 1. The van der Waals surface area contributed by atoms with Gasteiger partial charge < -0.3 is 23.9 Å². The first-order chi connectivity index (χ1) is 20.9. The van der Waals surface area contributed by atoms with Crippen LogP contribution in [0.15, 0.2) is 81.6 Å². The van der Waals surface area contributed by atoms with Crippen LogP contribution in [0.5, 0.6) is 11.5 Å². The second-order valence-electron chi connectivity index (χ2n) is 9.03. The van der Waals surface area contributed by atoms with Gasteiger partial charge in [-0.1, -0.05) is 60.4 Å². The molecule has 9 nitrogen and oxygen atoms in total. The van der Waals surface area contributed by atoms with Crippen LogP contribution in [-0.2, 0) is 20.9 Å². The first kappa shape index (κ1) is 30.1. The monoisotopic (exact) mass is 634 g/mol. The van der Waals surface area contributed by atoms with Crippen molar-refractivity contribution in [2.75, 3.05) is 25.6 Å². The van der Waals surface area contributed by atoms with Gasteiger partial charge in [0.1, 0.15) is 20.6 Å². The number of anilines is 1. The molecule has 0 bridgehead atoms. The van der Waals surface area contributed by atoms with Crippen LogP contribution in [0, 0.1) is 0 Å². The van der Waals surface area contributed by atoms with Crippen LogP contribution in [-0.4, -0.2) is 47.3 Å². The van der Waals surface area contributed by atoms with Gasteiger partial charge in [-0.05, 0) is 48.4 Å². The van der Waals surface area contributed by atoms with E-state index in [1.807, 2.05) is 35.7 Å². The van der Waals surface area contributed by atoms with Gasteiger partial charge in [0.15, 0.2) is 18.1 Å². The molecule has 1 aliphatic rings. The molecule has 2 aromatic heterocycles. The molecule has 0 aliphatic carbocycles. The van der Waals surface area contributed by atoms with E-state index in [4.69, 9.17) is 30.8 Å². The van der Waals surface area contributed by atoms with Gasteiger partial charge in [0.2, 0.25) is 0 Å². The van der Waals surface area contributed by atoms with E-state index in [2.05, 4.69) is 5.32 Å². The normalized spacial score (nSPS) is 13.8. The van der Waals surface area contributed by atoms with Crippen molar-refractivity contribution in [2.24, 2.45) is 0 Å². The fraction of sp³-hybridized carbons (Fsp3) is 0.161. The highest BCUT2D eigenvalue weighted by Gasteiger charge is 2.32. The van der Waals surface area contributed by atoms with E-state index >= 15 is 0 Å². The number of carbonyl (C=O) groups is 3. The number of thioether (sulfide) groups is 1. The molecule has 1 saturated heterocycles. The van der Waals surface area contributed by atoms with Crippen LogP contribution in [0.2, 0.25) is 0 Å². The van der Waals surface area contributed by atoms with Crippen molar-refractivity contribution < 1.29 is 33.0 Å². The Hall–Kier alpha value is -4.39. The molecule has 43 heavy (non-hydrogen) atoms. The number of methoxy groups -OCH3 is 1. The third kappa shape index (κ3) is 6.99. The highest BCUT2D eigenvalue weighted by atomic mass is 32.2. The number of benzene rings is 2. The molecular weight excluding hydrogens is 609 g/mol. The summed E-state index contributed by atoms with van der Waals surface area (Å²) in [6, 6.07) is 18.1. The predicted molar refractivity (Wildman–Crippen MR) is 170 cm³/mol. The predicted octanol–water partition coefficient (Wildman–Crippen LogP) is 6.61. The lowest BCUT2D eigenvalue weighted by atomic mass is 10.0. The van der Waals surface area contributed by atoms with Crippen LogP contribution in [0.4, 0.5) is 5.00 Å². The molecule has 5 rings (SSSR count). The van der Waals surface area contributed by atoms with E-state index in [-0.39, 0.29) is 25.7 Å². The molecule has 0 spiro atoms. The van der Waals surface area contributed by atoms with Gasteiger partial charge in [-0.15, -0.1) is 11.3 Å². The largest absolute Gasteiger partial charge is 0.493 e. The summed E-state index contributed by atoms with van der Waals surface area (Å²) < 4.78 is 22.3. The lowest BCUT2D eigenvalue weighted by Gasteiger charge is -2.12. The van der Waals surface area contributed by atoms with Crippen molar-refractivity contribution in [3.8, 4) is 22.6 Å². The summed E-state index contributed by atoms with van der Waals surface area (Å²) in [7, 11) is 1.48. The summed E-state index contributed by atoms with van der Waals surface area (Å²) >= 11 is 7.84. The average molecular weight is 635 g/mol. The molecule has 0 saturated carbocycles. The van der Waals surface area contributed by atoms with Crippen molar-refractivity contribution in [1.29, 1.82) is 0 Å². The Bertz CT molecular complexity index is 1680. The highest BCUT2D eigenvalue weighted by molar-refractivity contribution is 8.26. The zero-order valence-corrected chi connectivity index (χ0v) is 25.6. The summed E-state index contributed by atoms with van der Waals surface area (Å²) in [6.07, 6.45) is 3.27. The van der Waals surface area contributed by atoms with Gasteiger partial charge in [0.25, 0.3) is 11.8 Å². The Morgan fingerprint density at radius 3 is 2.63 bits per heavy atom. The molecule has 220 valence electrons. The first-order valence-corrected chi connectivity index (χ1v) is 15.2. The average Bonchev–Trinajstić information content (AvgIpc) is 3.74. The minimum absolute atomic E-state index is 0.203. The lowest BCUT2D eigenvalue weighted by molar-refractivity contribution is -0.122. The number of rotatable bonds is 11. The van der Waals surface area contributed by atoms with Gasteiger partial charge in [0, 0.05) is 10.9 Å². The number of thiophene rings is 1. The number of nitrogens with zero attached hydrogens (tertiary/aromatic N) is 1. The number of hydrogen-bond acceptors (Lipinski definition) is 10. The minimum Gasteiger partial charge on any atom is -0.493 e. The molecule has 1 N–H and O–H groups in total. The number of carbonyl (C=O) groups excluding carboxylic acids is 3. The second-order valence-corrected chi connectivity index (χ2v) is 11.6. The summed E-state index contributed by atoms with van der Waals surface area (Å²) in [6.45, 7) is 1.86. The van der Waals surface area contributed by atoms with Crippen LogP contribution >= 0.6 is 35.3 Å². The van der Waals surface area contributed by atoms with Crippen LogP contribution in [0.25, 0.3) is 17.2 Å². The zero-order chi connectivity index (χ0) is 30.3. The van der Waals surface area contributed by atoms with Crippen LogP contribution in [0.3, 0.4) is 0 Å². The molecular formula is C31H26N2O7S3.